The van der Waals surface area contributed by atoms with Gasteiger partial charge in [0.05, 0.1) is 5.69 Å². The van der Waals surface area contributed by atoms with Gasteiger partial charge in [-0.2, -0.15) is 5.10 Å². The number of hydrogen-bond donors (Lipinski definition) is 1. The molecule has 0 amide bonds. The van der Waals surface area contributed by atoms with Gasteiger partial charge in [0, 0.05) is 24.7 Å². The van der Waals surface area contributed by atoms with Crippen LogP contribution in [0.4, 0.5) is 0 Å². The zero-order valence-electron chi connectivity index (χ0n) is 8.96. The highest BCUT2D eigenvalue weighted by atomic mass is 15.3. The molecule has 0 saturated carbocycles. The van der Waals surface area contributed by atoms with Gasteiger partial charge in [-0.3, -0.25) is 4.68 Å². The standard InChI is InChI=1S/C10H19N3/c1-5-8-6-9(13(4)12-8)7-10(2,3)11/h6H,5,7,11H2,1-4H3. The van der Waals surface area contributed by atoms with Crippen molar-refractivity contribution >= 4 is 0 Å². The summed E-state index contributed by atoms with van der Waals surface area (Å²) < 4.78 is 1.92. The molecule has 0 aliphatic carbocycles. The Morgan fingerprint density at radius 2 is 2.15 bits per heavy atom. The lowest BCUT2D eigenvalue weighted by Gasteiger charge is -2.17. The van der Waals surface area contributed by atoms with Gasteiger partial charge >= 0.3 is 0 Å². The summed E-state index contributed by atoms with van der Waals surface area (Å²) in [4.78, 5) is 0. The van der Waals surface area contributed by atoms with Crippen LogP contribution in [0, 0.1) is 0 Å². The molecule has 2 N–H and O–H groups in total. The van der Waals surface area contributed by atoms with Gasteiger partial charge in [0.1, 0.15) is 0 Å². The van der Waals surface area contributed by atoms with E-state index < -0.39 is 0 Å². The van der Waals surface area contributed by atoms with Crippen LogP contribution in [-0.2, 0) is 19.9 Å². The molecule has 74 valence electrons. The zero-order chi connectivity index (χ0) is 10.1. The molecule has 3 heteroatoms. The summed E-state index contributed by atoms with van der Waals surface area (Å²) in [6, 6.07) is 2.13. The molecule has 1 aromatic rings. The van der Waals surface area contributed by atoms with E-state index in [1.165, 1.54) is 5.69 Å². The molecule has 0 atom stereocenters. The Bertz CT molecular complexity index is 281. The number of nitrogens with two attached hydrogens (primary N) is 1. The van der Waals surface area contributed by atoms with Crippen molar-refractivity contribution < 1.29 is 0 Å². The molecular formula is C10H19N3. The van der Waals surface area contributed by atoms with E-state index in [-0.39, 0.29) is 5.54 Å². The van der Waals surface area contributed by atoms with Crippen molar-refractivity contribution in [2.45, 2.75) is 39.2 Å². The minimum Gasteiger partial charge on any atom is -0.325 e. The first-order chi connectivity index (χ1) is 5.92. The van der Waals surface area contributed by atoms with Crippen molar-refractivity contribution in [3.05, 3.63) is 17.5 Å². The fourth-order valence-electron chi connectivity index (χ4n) is 1.38. The average molecular weight is 181 g/mol. The Morgan fingerprint density at radius 3 is 2.54 bits per heavy atom. The molecule has 1 aromatic heterocycles. The first kappa shape index (κ1) is 10.3. The highest BCUT2D eigenvalue weighted by molar-refractivity contribution is 5.12. The van der Waals surface area contributed by atoms with Crippen molar-refractivity contribution in [2.75, 3.05) is 0 Å². The van der Waals surface area contributed by atoms with E-state index in [1.807, 2.05) is 25.6 Å². The molecule has 1 heterocycles. The summed E-state index contributed by atoms with van der Waals surface area (Å²) in [7, 11) is 1.97. The van der Waals surface area contributed by atoms with Crippen LogP contribution in [0.3, 0.4) is 0 Å². The van der Waals surface area contributed by atoms with Crippen LogP contribution < -0.4 is 5.73 Å². The van der Waals surface area contributed by atoms with Crippen molar-refractivity contribution in [1.82, 2.24) is 9.78 Å². The second-order valence-corrected chi connectivity index (χ2v) is 4.27. The van der Waals surface area contributed by atoms with Crippen molar-refractivity contribution in [3.63, 3.8) is 0 Å². The molecule has 1 rings (SSSR count). The average Bonchev–Trinajstić information content (AvgIpc) is 2.29. The molecule has 0 aliphatic heterocycles. The molecule has 0 radical (unpaired) electrons. The molecule has 13 heavy (non-hydrogen) atoms. The number of hydrogen-bond acceptors (Lipinski definition) is 2. The smallest absolute Gasteiger partial charge is 0.0624 e. The van der Waals surface area contributed by atoms with E-state index in [1.54, 1.807) is 0 Å². The number of nitrogens with zero attached hydrogens (tertiary/aromatic N) is 2. The molecule has 0 bridgehead atoms. The quantitative estimate of drug-likeness (QED) is 0.763. The Labute approximate surface area is 79.9 Å². The first-order valence-corrected chi connectivity index (χ1v) is 4.73. The van der Waals surface area contributed by atoms with Crippen LogP contribution in [0.15, 0.2) is 6.07 Å². The predicted octanol–water partition coefficient (Wildman–Crippen LogP) is 1.26. The van der Waals surface area contributed by atoms with Crippen LogP contribution in [0.25, 0.3) is 0 Å². The van der Waals surface area contributed by atoms with E-state index >= 15 is 0 Å². The molecule has 0 spiro atoms. The van der Waals surface area contributed by atoms with Gasteiger partial charge in [-0.15, -0.1) is 0 Å². The summed E-state index contributed by atoms with van der Waals surface area (Å²) in [5.74, 6) is 0. The minimum absolute atomic E-state index is 0.154. The third-order valence-corrected chi connectivity index (χ3v) is 2.03. The van der Waals surface area contributed by atoms with E-state index in [4.69, 9.17) is 5.73 Å². The molecular weight excluding hydrogens is 162 g/mol. The van der Waals surface area contributed by atoms with Crippen LogP contribution in [-0.4, -0.2) is 15.3 Å². The number of aromatic nitrogens is 2. The van der Waals surface area contributed by atoms with E-state index in [2.05, 4.69) is 18.1 Å². The summed E-state index contributed by atoms with van der Waals surface area (Å²) in [5.41, 5.74) is 8.14. The second-order valence-electron chi connectivity index (χ2n) is 4.27. The highest BCUT2D eigenvalue weighted by Gasteiger charge is 2.14. The maximum atomic E-state index is 5.95. The summed E-state index contributed by atoms with van der Waals surface area (Å²) in [6.45, 7) is 6.18. The zero-order valence-corrected chi connectivity index (χ0v) is 8.96. The highest BCUT2D eigenvalue weighted by Crippen LogP contribution is 2.11. The molecule has 0 unspecified atom stereocenters. The molecule has 0 fully saturated rings. The fraction of sp³-hybridized carbons (Fsp3) is 0.700. The molecule has 3 nitrogen and oxygen atoms in total. The van der Waals surface area contributed by atoms with E-state index in [0.29, 0.717) is 0 Å². The Morgan fingerprint density at radius 1 is 1.54 bits per heavy atom. The monoisotopic (exact) mass is 181 g/mol. The SMILES string of the molecule is CCc1cc(CC(C)(C)N)n(C)n1. The lowest BCUT2D eigenvalue weighted by Crippen LogP contribution is -2.35. The Kier molecular flexibility index (Phi) is 2.76. The van der Waals surface area contributed by atoms with Crippen LogP contribution in [0.2, 0.25) is 0 Å². The normalized spacial score (nSPS) is 12.1. The molecule has 0 aromatic carbocycles. The van der Waals surface area contributed by atoms with Gasteiger partial charge in [0.25, 0.3) is 0 Å². The van der Waals surface area contributed by atoms with Crippen LogP contribution in [0.1, 0.15) is 32.2 Å². The predicted molar refractivity (Wildman–Crippen MR) is 54.6 cm³/mol. The molecule has 0 aliphatic rings. The van der Waals surface area contributed by atoms with Gasteiger partial charge < -0.3 is 5.73 Å². The summed E-state index contributed by atoms with van der Waals surface area (Å²) in [6.07, 6.45) is 1.86. The third-order valence-electron chi connectivity index (χ3n) is 2.03. The van der Waals surface area contributed by atoms with Crippen molar-refractivity contribution in [1.29, 1.82) is 0 Å². The van der Waals surface area contributed by atoms with Crippen molar-refractivity contribution in [2.24, 2.45) is 12.8 Å². The lowest BCUT2D eigenvalue weighted by atomic mass is 10.00. The van der Waals surface area contributed by atoms with Gasteiger partial charge in [-0.1, -0.05) is 6.92 Å². The Hall–Kier alpha value is -0.830. The fourth-order valence-corrected chi connectivity index (χ4v) is 1.38. The second kappa shape index (κ2) is 3.50. The Balaban J connectivity index is 2.83. The maximum Gasteiger partial charge on any atom is 0.0624 e. The lowest BCUT2D eigenvalue weighted by molar-refractivity contribution is 0.495. The van der Waals surface area contributed by atoms with Gasteiger partial charge in [-0.25, -0.2) is 0 Å². The van der Waals surface area contributed by atoms with E-state index in [9.17, 15) is 0 Å². The first-order valence-electron chi connectivity index (χ1n) is 4.73. The maximum absolute atomic E-state index is 5.95. The largest absolute Gasteiger partial charge is 0.325 e. The van der Waals surface area contributed by atoms with E-state index in [0.717, 1.165) is 18.5 Å². The van der Waals surface area contributed by atoms with Crippen LogP contribution in [0.5, 0.6) is 0 Å². The van der Waals surface area contributed by atoms with Crippen LogP contribution >= 0.6 is 0 Å². The minimum atomic E-state index is -0.154. The number of rotatable bonds is 3. The summed E-state index contributed by atoms with van der Waals surface area (Å²) in [5, 5.41) is 4.37. The third kappa shape index (κ3) is 2.84. The topological polar surface area (TPSA) is 43.8 Å². The van der Waals surface area contributed by atoms with Crippen molar-refractivity contribution in [3.8, 4) is 0 Å². The number of aryl methyl sites for hydroxylation is 2. The van der Waals surface area contributed by atoms with Gasteiger partial charge in [0.2, 0.25) is 0 Å². The molecule has 0 saturated heterocycles. The van der Waals surface area contributed by atoms with Gasteiger partial charge in [0.15, 0.2) is 0 Å². The summed E-state index contributed by atoms with van der Waals surface area (Å²) >= 11 is 0. The van der Waals surface area contributed by atoms with Gasteiger partial charge in [-0.05, 0) is 26.3 Å².